The molecular formula is C20H26FN5O. The highest BCUT2D eigenvalue weighted by Gasteiger charge is 2.28. The monoisotopic (exact) mass is 371 g/mol. The number of nitrogens with zero attached hydrogens (tertiary/aromatic N) is 4. The van der Waals surface area contributed by atoms with Crippen LogP contribution in [0.15, 0.2) is 18.3 Å². The Labute approximate surface area is 159 Å². The number of halogens is 1. The molecule has 1 aliphatic carbocycles. The van der Waals surface area contributed by atoms with E-state index >= 15 is 0 Å². The quantitative estimate of drug-likeness (QED) is 0.895. The van der Waals surface area contributed by atoms with Crippen molar-refractivity contribution in [3.8, 4) is 11.5 Å². The van der Waals surface area contributed by atoms with E-state index < -0.39 is 6.04 Å². The second kappa shape index (κ2) is 7.21. The van der Waals surface area contributed by atoms with Crippen LogP contribution in [0.1, 0.15) is 45.4 Å². The van der Waals surface area contributed by atoms with Crippen molar-refractivity contribution >= 4 is 11.7 Å². The van der Waals surface area contributed by atoms with Crippen molar-refractivity contribution in [2.24, 2.45) is 0 Å². The molecule has 1 amide bonds. The number of pyridine rings is 1. The van der Waals surface area contributed by atoms with Gasteiger partial charge in [-0.25, -0.2) is 14.4 Å². The SMILES string of the molecule is C[C@H](C(=O)NC(C)(C)C)N(C)c1nc(-c2cc(F)ccn2)nc2c1CCC2. The topological polar surface area (TPSA) is 71.0 Å². The van der Waals surface area contributed by atoms with Gasteiger partial charge in [-0.15, -0.1) is 0 Å². The molecule has 144 valence electrons. The van der Waals surface area contributed by atoms with E-state index in [0.29, 0.717) is 11.5 Å². The van der Waals surface area contributed by atoms with E-state index in [4.69, 9.17) is 0 Å². The number of hydrogen-bond acceptors (Lipinski definition) is 5. The minimum atomic E-state index is -0.405. The first kappa shape index (κ1) is 19.2. The molecule has 3 rings (SSSR count). The maximum atomic E-state index is 13.6. The molecule has 0 radical (unpaired) electrons. The third-order valence-electron chi connectivity index (χ3n) is 4.66. The van der Waals surface area contributed by atoms with Gasteiger partial charge >= 0.3 is 0 Å². The van der Waals surface area contributed by atoms with Crippen molar-refractivity contribution in [1.29, 1.82) is 0 Å². The summed E-state index contributed by atoms with van der Waals surface area (Å²) < 4.78 is 13.6. The Morgan fingerprint density at radius 1 is 1.30 bits per heavy atom. The van der Waals surface area contributed by atoms with E-state index in [-0.39, 0.29) is 17.3 Å². The van der Waals surface area contributed by atoms with Crippen LogP contribution in [0.4, 0.5) is 10.2 Å². The number of carbonyl (C=O) groups excluding carboxylic acids is 1. The standard InChI is InChI=1S/C20H26FN5O/c1-12(19(27)25-20(2,3)4)26(5)18-14-7-6-8-15(14)23-17(24-18)16-11-13(21)9-10-22-16/h9-12H,6-8H2,1-5H3,(H,25,27)/t12-/m1/s1. The van der Waals surface area contributed by atoms with Crippen LogP contribution in [0.5, 0.6) is 0 Å². The van der Waals surface area contributed by atoms with Crippen molar-refractivity contribution in [1.82, 2.24) is 20.3 Å². The zero-order valence-electron chi connectivity index (χ0n) is 16.5. The molecule has 0 aromatic carbocycles. The van der Waals surface area contributed by atoms with Crippen LogP contribution >= 0.6 is 0 Å². The molecule has 1 aliphatic rings. The van der Waals surface area contributed by atoms with Crippen LogP contribution in [0.25, 0.3) is 11.5 Å². The van der Waals surface area contributed by atoms with Gasteiger partial charge in [0.15, 0.2) is 5.82 Å². The van der Waals surface area contributed by atoms with Gasteiger partial charge in [0.1, 0.15) is 23.4 Å². The number of anilines is 1. The molecule has 0 spiro atoms. The molecule has 6 nitrogen and oxygen atoms in total. The molecule has 0 aliphatic heterocycles. The number of aryl methyl sites for hydroxylation is 1. The van der Waals surface area contributed by atoms with Crippen LogP contribution in [-0.2, 0) is 17.6 Å². The Kier molecular flexibility index (Phi) is 5.13. The lowest BCUT2D eigenvalue weighted by molar-refractivity contribution is -0.123. The highest BCUT2D eigenvalue weighted by molar-refractivity contribution is 5.85. The molecule has 0 saturated heterocycles. The predicted octanol–water partition coefficient (Wildman–Crippen LogP) is 2.91. The van der Waals surface area contributed by atoms with E-state index in [1.165, 1.54) is 18.3 Å². The fourth-order valence-electron chi connectivity index (χ4n) is 3.18. The van der Waals surface area contributed by atoms with Crippen LogP contribution in [0.2, 0.25) is 0 Å². The van der Waals surface area contributed by atoms with E-state index in [1.807, 2.05) is 39.6 Å². The Bertz CT molecular complexity index is 862. The summed E-state index contributed by atoms with van der Waals surface area (Å²) in [4.78, 5) is 28.0. The molecule has 0 fully saturated rings. The minimum absolute atomic E-state index is 0.0687. The van der Waals surface area contributed by atoms with Gasteiger partial charge < -0.3 is 10.2 Å². The first-order valence-corrected chi connectivity index (χ1v) is 9.22. The Morgan fingerprint density at radius 2 is 2.04 bits per heavy atom. The lowest BCUT2D eigenvalue weighted by Gasteiger charge is -2.30. The van der Waals surface area contributed by atoms with Gasteiger partial charge in [-0.05, 0) is 53.0 Å². The molecule has 0 bridgehead atoms. The number of hydrogen-bond donors (Lipinski definition) is 1. The lowest BCUT2D eigenvalue weighted by Crippen LogP contribution is -2.50. The fraction of sp³-hybridized carbons (Fsp3) is 0.500. The van der Waals surface area contributed by atoms with E-state index in [9.17, 15) is 9.18 Å². The Hall–Kier alpha value is -2.57. The van der Waals surface area contributed by atoms with Gasteiger partial charge in [0.25, 0.3) is 0 Å². The van der Waals surface area contributed by atoms with E-state index in [1.54, 1.807) is 0 Å². The molecule has 2 aromatic heterocycles. The second-order valence-corrected chi connectivity index (χ2v) is 8.04. The third kappa shape index (κ3) is 4.23. The molecule has 0 unspecified atom stereocenters. The second-order valence-electron chi connectivity index (χ2n) is 8.04. The molecule has 2 heterocycles. The summed E-state index contributed by atoms with van der Waals surface area (Å²) in [6.07, 6.45) is 4.13. The molecule has 1 N–H and O–H groups in total. The number of carbonyl (C=O) groups is 1. The average molecular weight is 371 g/mol. The van der Waals surface area contributed by atoms with Gasteiger partial charge in [-0.2, -0.15) is 0 Å². The predicted molar refractivity (Wildman–Crippen MR) is 103 cm³/mol. The summed E-state index contributed by atoms with van der Waals surface area (Å²) in [7, 11) is 1.86. The van der Waals surface area contributed by atoms with Crippen molar-refractivity contribution in [2.45, 2.75) is 58.5 Å². The van der Waals surface area contributed by atoms with Crippen molar-refractivity contribution in [3.63, 3.8) is 0 Å². The molecule has 0 saturated carbocycles. The molecule has 27 heavy (non-hydrogen) atoms. The molecule has 2 aromatic rings. The maximum Gasteiger partial charge on any atom is 0.242 e. The Morgan fingerprint density at radius 3 is 2.70 bits per heavy atom. The summed E-state index contributed by atoms with van der Waals surface area (Å²) in [6, 6.07) is 2.22. The molecule has 1 atom stereocenters. The summed E-state index contributed by atoms with van der Waals surface area (Å²) in [5, 5.41) is 3.01. The van der Waals surface area contributed by atoms with Gasteiger partial charge in [0, 0.05) is 36.1 Å². The van der Waals surface area contributed by atoms with Crippen LogP contribution in [0.3, 0.4) is 0 Å². The minimum Gasteiger partial charge on any atom is -0.350 e. The molecule has 7 heteroatoms. The zero-order valence-corrected chi connectivity index (χ0v) is 16.5. The van der Waals surface area contributed by atoms with E-state index in [2.05, 4.69) is 20.3 Å². The van der Waals surface area contributed by atoms with Gasteiger partial charge in [-0.3, -0.25) is 9.78 Å². The average Bonchev–Trinajstić information content (AvgIpc) is 3.06. The van der Waals surface area contributed by atoms with Crippen LogP contribution < -0.4 is 10.2 Å². The zero-order chi connectivity index (χ0) is 19.8. The summed E-state index contributed by atoms with van der Waals surface area (Å²) in [5.74, 6) is 0.660. The van der Waals surface area contributed by atoms with Crippen molar-refractivity contribution in [2.75, 3.05) is 11.9 Å². The highest BCUT2D eigenvalue weighted by atomic mass is 19.1. The number of amides is 1. The number of aromatic nitrogens is 3. The first-order valence-electron chi connectivity index (χ1n) is 9.22. The first-order chi connectivity index (χ1) is 12.7. The maximum absolute atomic E-state index is 13.6. The largest absolute Gasteiger partial charge is 0.350 e. The van der Waals surface area contributed by atoms with Gasteiger partial charge in [-0.1, -0.05) is 0 Å². The summed E-state index contributed by atoms with van der Waals surface area (Å²) >= 11 is 0. The van der Waals surface area contributed by atoms with Crippen molar-refractivity contribution in [3.05, 3.63) is 35.4 Å². The number of fused-ring (bicyclic) bond motifs is 1. The third-order valence-corrected chi connectivity index (χ3v) is 4.66. The summed E-state index contributed by atoms with van der Waals surface area (Å²) in [6.45, 7) is 7.71. The van der Waals surface area contributed by atoms with Crippen LogP contribution in [-0.4, -0.2) is 39.5 Å². The van der Waals surface area contributed by atoms with E-state index in [0.717, 1.165) is 36.3 Å². The normalized spacial score (nSPS) is 14.6. The molecular weight excluding hydrogens is 345 g/mol. The van der Waals surface area contributed by atoms with Gasteiger partial charge in [0.2, 0.25) is 5.91 Å². The lowest BCUT2D eigenvalue weighted by atomic mass is 10.1. The number of likely N-dealkylation sites (N-methyl/N-ethyl adjacent to an activating group) is 1. The number of rotatable bonds is 4. The Balaban J connectivity index is 1.98. The smallest absolute Gasteiger partial charge is 0.242 e. The van der Waals surface area contributed by atoms with Gasteiger partial charge in [0.05, 0.1) is 0 Å². The number of nitrogens with one attached hydrogen (secondary N) is 1. The van der Waals surface area contributed by atoms with Crippen molar-refractivity contribution < 1.29 is 9.18 Å². The van der Waals surface area contributed by atoms with Crippen LogP contribution in [0, 0.1) is 5.82 Å². The highest BCUT2D eigenvalue weighted by Crippen LogP contribution is 2.31. The fourth-order valence-corrected chi connectivity index (χ4v) is 3.18. The summed E-state index contributed by atoms with van der Waals surface area (Å²) in [5.41, 5.74) is 2.10.